The summed E-state index contributed by atoms with van der Waals surface area (Å²) in [6.45, 7) is 3.20. The summed E-state index contributed by atoms with van der Waals surface area (Å²) >= 11 is 6.12. The molecule has 0 saturated heterocycles. The van der Waals surface area contributed by atoms with E-state index in [1.54, 1.807) is 0 Å². The number of nitrogens with zero attached hydrogens (tertiary/aromatic N) is 1. The van der Waals surface area contributed by atoms with Gasteiger partial charge in [0.25, 0.3) is 0 Å². The Hall–Kier alpha value is -2.13. The number of rotatable bonds is 12. The van der Waals surface area contributed by atoms with E-state index in [-0.39, 0.29) is 28.9 Å². The topological polar surface area (TPSA) is 84.9 Å². The molecule has 2 aromatic rings. The third-order valence-corrected chi connectivity index (χ3v) is 6.36. The van der Waals surface area contributed by atoms with Crippen LogP contribution in [-0.4, -0.2) is 52.0 Å². The van der Waals surface area contributed by atoms with Crippen LogP contribution >= 0.6 is 11.6 Å². The summed E-state index contributed by atoms with van der Waals surface area (Å²) in [5.74, 6) is -0.0112. The first-order chi connectivity index (χ1) is 14.4. The molecule has 164 valence electrons. The van der Waals surface area contributed by atoms with Gasteiger partial charge in [0.2, 0.25) is 15.9 Å². The minimum atomic E-state index is -3.97. The number of benzene rings is 2. The van der Waals surface area contributed by atoms with E-state index in [1.807, 2.05) is 37.3 Å². The van der Waals surface area contributed by atoms with E-state index in [9.17, 15) is 13.2 Å². The molecule has 0 saturated carbocycles. The van der Waals surface area contributed by atoms with Gasteiger partial charge in [-0.3, -0.25) is 4.79 Å². The van der Waals surface area contributed by atoms with Crippen LogP contribution in [0.15, 0.2) is 53.4 Å². The molecule has 0 bridgehead atoms. The second kappa shape index (κ2) is 11.9. The summed E-state index contributed by atoms with van der Waals surface area (Å²) in [7, 11) is -2.52. The molecule has 2 rings (SSSR count). The van der Waals surface area contributed by atoms with Crippen molar-refractivity contribution in [3.8, 4) is 5.75 Å². The highest BCUT2D eigenvalue weighted by atomic mass is 35.5. The van der Waals surface area contributed by atoms with Crippen LogP contribution < -0.4 is 10.1 Å². The normalized spacial score (nSPS) is 11.5. The number of carbonyl (C=O) groups is 1. The molecule has 0 unspecified atom stereocenters. The fourth-order valence-electron chi connectivity index (χ4n) is 2.73. The van der Waals surface area contributed by atoms with Crippen LogP contribution in [0.4, 0.5) is 0 Å². The lowest BCUT2D eigenvalue weighted by molar-refractivity contribution is -0.121. The minimum Gasteiger partial charge on any atom is -0.495 e. The Morgan fingerprint density at radius 1 is 1.17 bits per heavy atom. The van der Waals surface area contributed by atoms with Crippen LogP contribution in [0.1, 0.15) is 18.9 Å². The number of halogens is 1. The zero-order valence-corrected chi connectivity index (χ0v) is 18.7. The molecule has 0 radical (unpaired) electrons. The van der Waals surface area contributed by atoms with Crippen molar-refractivity contribution in [1.82, 2.24) is 9.62 Å². The molecule has 30 heavy (non-hydrogen) atoms. The van der Waals surface area contributed by atoms with Crippen molar-refractivity contribution >= 4 is 27.5 Å². The second-order valence-electron chi connectivity index (χ2n) is 6.46. The monoisotopic (exact) mass is 454 g/mol. The molecule has 0 atom stereocenters. The Morgan fingerprint density at radius 3 is 2.53 bits per heavy atom. The van der Waals surface area contributed by atoms with Gasteiger partial charge < -0.3 is 14.8 Å². The summed E-state index contributed by atoms with van der Waals surface area (Å²) in [6, 6.07) is 13.3. The van der Waals surface area contributed by atoms with Crippen molar-refractivity contribution in [2.24, 2.45) is 0 Å². The molecular weight excluding hydrogens is 428 g/mol. The SMILES string of the molecule is CCOCCCNC(=O)CN(Cc1ccccc1)S(=O)(=O)c1ccc(OC)c(Cl)c1. The predicted molar refractivity (Wildman–Crippen MR) is 116 cm³/mol. The highest BCUT2D eigenvalue weighted by Crippen LogP contribution is 2.28. The molecule has 7 nitrogen and oxygen atoms in total. The summed E-state index contributed by atoms with van der Waals surface area (Å²) < 4.78 is 38.0. The maximum atomic E-state index is 13.3. The maximum Gasteiger partial charge on any atom is 0.243 e. The van der Waals surface area contributed by atoms with Gasteiger partial charge in [-0.25, -0.2) is 8.42 Å². The van der Waals surface area contributed by atoms with E-state index in [4.69, 9.17) is 21.1 Å². The van der Waals surface area contributed by atoms with Crippen LogP contribution in [0, 0.1) is 0 Å². The third kappa shape index (κ3) is 6.98. The van der Waals surface area contributed by atoms with Crippen LogP contribution in [0.3, 0.4) is 0 Å². The summed E-state index contributed by atoms with van der Waals surface area (Å²) in [4.78, 5) is 12.4. The third-order valence-electron chi connectivity index (χ3n) is 4.27. The van der Waals surface area contributed by atoms with Gasteiger partial charge in [0.05, 0.1) is 23.6 Å². The number of amides is 1. The van der Waals surface area contributed by atoms with Crippen molar-refractivity contribution in [2.45, 2.75) is 24.8 Å². The largest absolute Gasteiger partial charge is 0.495 e. The Labute approximate surface area is 183 Å². The number of nitrogens with one attached hydrogen (secondary N) is 1. The van der Waals surface area contributed by atoms with Crippen molar-refractivity contribution < 1.29 is 22.7 Å². The van der Waals surface area contributed by atoms with Crippen molar-refractivity contribution in [1.29, 1.82) is 0 Å². The standard InChI is InChI=1S/C21H27ClN2O5S/c1-3-29-13-7-12-23-21(25)16-24(15-17-8-5-4-6-9-17)30(26,27)18-10-11-20(28-2)19(22)14-18/h4-6,8-11,14H,3,7,12-13,15-16H2,1-2H3,(H,23,25). The summed E-state index contributed by atoms with van der Waals surface area (Å²) in [5.41, 5.74) is 0.768. The molecule has 9 heteroatoms. The number of ether oxygens (including phenoxy) is 2. The molecule has 0 aliphatic carbocycles. The van der Waals surface area contributed by atoms with Crippen LogP contribution in [0.2, 0.25) is 5.02 Å². The van der Waals surface area contributed by atoms with E-state index >= 15 is 0 Å². The van der Waals surface area contributed by atoms with Gasteiger partial charge in [-0.2, -0.15) is 4.31 Å². The average molecular weight is 455 g/mol. The summed E-state index contributed by atoms with van der Waals surface area (Å²) in [6.07, 6.45) is 0.652. The Bertz CT molecular complexity index is 922. The molecule has 0 spiro atoms. The average Bonchev–Trinajstić information content (AvgIpc) is 2.73. The van der Waals surface area contributed by atoms with Crippen molar-refractivity contribution in [2.75, 3.05) is 33.4 Å². The molecule has 0 aliphatic heterocycles. The number of hydrogen-bond donors (Lipinski definition) is 1. The minimum absolute atomic E-state index is 0.00613. The van der Waals surface area contributed by atoms with Crippen molar-refractivity contribution in [3.05, 3.63) is 59.1 Å². The van der Waals surface area contributed by atoms with E-state index in [0.29, 0.717) is 31.9 Å². The van der Waals surface area contributed by atoms with Gasteiger partial charge in [-0.15, -0.1) is 0 Å². The van der Waals surface area contributed by atoms with Gasteiger partial charge >= 0.3 is 0 Å². The molecule has 0 aromatic heterocycles. The molecule has 0 heterocycles. The Kier molecular flexibility index (Phi) is 9.58. The molecule has 1 N–H and O–H groups in total. The number of sulfonamides is 1. The van der Waals surface area contributed by atoms with E-state index < -0.39 is 10.0 Å². The highest BCUT2D eigenvalue weighted by Gasteiger charge is 2.27. The Morgan fingerprint density at radius 2 is 1.90 bits per heavy atom. The fraction of sp³-hybridized carbons (Fsp3) is 0.381. The van der Waals surface area contributed by atoms with Crippen molar-refractivity contribution in [3.63, 3.8) is 0 Å². The first-order valence-electron chi connectivity index (χ1n) is 9.60. The number of hydrogen-bond acceptors (Lipinski definition) is 5. The van der Waals surface area contributed by atoms with Crippen LogP contribution in [-0.2, 0) is 26.1 Å². The van der Waals surface area contributed by atoms with Gasteiger partial charge in [-0.05, 0) is 37.1 Å². The number of carbonyl (C=O) groups excluding carboxylic acids is 1. The lowest BCUT2D eigenvalue weighted by Gasteiger charge is -2.22. The van der Waals surface area contributed by atoms with Gasteiger partial charge in [0.15, 0.2) is 0 Å². The predicted octanol–water partition coefficient (Wildman–Crippen LogP) is 3.08. The zero-order valence-electron chi connectivity index (χ0n) is 17.1. The molecule has 1 amide bonds. The quantitative estimate of drug-likeness (QED) is 0.498. The van der Waals surface area contributed by atoms with E-state index in [0.717, 1.165) is 9.87 Å². The highest BCUT2D eigenvalue weighted by molar-refractivity contribution is 7.89. The lowest BCUT2D eigenvalue weighted by Crippen LogP contribution is -2.40. The van der Waals surface area contributed by atoms with E-state index in [1.165, 1.54) is 25.3 Å². The molecular formula is C21H27ClN2O5S. The first-order valence-corrected chi connectivity index (χ1v) is 11.4. The maximum absolute atomic E-state index is 13.3. The Balaban J connectivity index is 2.19. The second-order valence-corrected chi connectivity index (χ2v) is 8.80. The fourth-order valence-corrected chi connectivity index (χ4v) is 4.47. The van der Waals surface area contributed by atoms with Crippen LogP contribution in [0.25, 0.3) is 0 Å². The van der Waals surface area contributed by atoms with Gasteiger partial charge in [0, 0.05) is 26.3 Å². The molecule has 0 aliphatic rings. The van der Waals surface area contributed by atoms with Crippen LogP contribution in [0.5, 0.6) is 5.75 Å². The zero-order chi connectivity index (χ0) is 22.0. The first kappa shape index (κ1) is 24.1. The lowest BCUT2D eigenvalue weighted by atomic mass is 10.2. The molecule has 0 fully saturated rings. The van der Waals surface area contributed by atoms with Gasteiger partial charge in [-0.1, -0.05) is 41.9 Å². The van der Waals surface area contributed by atoms with Gasteiger partial charge in [0.1, 0.15) is 5.75 Å². The smallest absolute Gasteiger partial charge is 0.243 e. The van der Waals surface area contributed by atoms with E-state index in [2.05, 4.69) is 5.32 Å². The summed E-state index contributed by atoms with van der Waals surface area (Å²) in [5, 5.41) is 2.92. The molecule has 2 aromatic carbocycles. The number of methoxy groups -OCH3 is 1.